The number of fused-ring (bicyclic) bond motifs is 1. The highest BCUT2D eigenvalue weighted by Crippen LogP contribution is 2.25. The van der Waals surface area contributed by atoms with Gasteiger partial charge in [0.15, 0.2) is 0 Å². The van der Waals surface area contributed by atoms with Gasteiger partial charge >= 0.3 is 0 Å². The zero-order valence-corrected chi connectivity index (χ0v) is 6.39. The molecule has 1 unspecified atom stereocenters. The second-order valence-electron chi connectivity index (χ2n) is 2.86. The lowest BCUT2D eigenvalue weighted by atomic mass is 9.93. The van der Waals surface area contributed by atoms with Crippen LogP contribution in [0.15, 0.2) is 18.3 Å². The first-order valence-corrected chi connectivity index (χ1v) is 3.73. The first-order chi connectivity index (χ1) is 5.29. The van der Waals surface area contributed by atoms with Crippen LogP contribution in [0.5, 0.6) is 0 Å². The number of aromatic nitrogens is 1. The lowest BCUT2D eigenvalue weighted by Gasteiger charge is -2.14. The van der Waals surface area contributed by atoms with Gasteiger partial charge in [0.2, 0.25) is 0 Å². The van der Waals surface area contributed by atoms with E-state index >= 15 is 0 Å². The third-order valence-electron chi connectivity index (χ3n) is 2.15. The molecule has 56 valence electrons. The van der Waals surface area contributed by atoms with Crippen LogP contribution in [0, 0.1) is 5.41 Å². The maximum Gasteiger partial charge on any atom is 0.0401 e. The van der Waals surface area contributed by atoms with E-state index < -0.39 is 0 Å². The highest BCUT2D eigenvalue weighted by molar-refractivity contribution is 6.03. The summed E-state index contributed by atoms with van der Waals surface area (Å²) in [5.74, 6) is 0.227. The van der Waals surface area contributed by atoms with Gasteiger partial charge in [0, 0.05) is 23.5 Å². The fraction of sp³-hybridized carbons (Fsp3) is 0.222. The minimum atomic E-state index is 0.227. The van der Waals surface area contributed by atoms with Gasteiger partial charge in [-0.3, -0.25) is 0 Å². The van der Waals surface area contributed by atoms with Gasteiger partial charge in [0.05, 0.1) is 0 Å². The number of aromatic amines is 1. The first kappa shape index (κ1) is 6.40. The van der Waals surface area contributed by atoms with Crippen LogP contribution in [0.3, 0.4) is 0 Å². The molecule has 11 heavy (non-hydrogen) atoms. The van der Waals surface area contributed by atoms with Gasteiger partial charge in [0.1, 0.15) is 0 Å². The standard InChI is InChI=1S/C9H10N2/c1-6-8(10)3-2-7-4-5-11-9(6)7/h2-6,10-11H,1H3. The van der Waals surface area contributed by atoms with Gasteiger partial charge < -0.3 is 10.4 Å². The largest absolute Gasteiger partial charge is 0.364 e. The number of hydrogen-bond donors (Lipinski definition) is 2. The smallest absolute Gasteiger partial charge is 0.0401 e. The van der Waals surface area contributed by atoms with Crippen molar-refractivity contribution < 1.29 is 0 Å². The summed E-state index contributed by atoms with van der Waals surface area (Å²) in [5.41, 5.74) is 3.06. The highest BCUT2D eigenvalue weighted by atomic mass is 14.7. The van der Waals surface area contributed by atoms with Gasteiger partial charge in [-0.05, 0) is 17.7 Å². The van der Waals surface area contributed by atoms with Gasteiger partial charge in [-0.2, -0.15) is 0 Å². The molecule has 1 atom stereocenters. The summed E-state index contributed by atoms with van der Waals surface area (Å²) in [6, 6.07) is 2.04. The van der Waals surface area contributed by atoms with E-state index in [1.807, 2.05) is 31.3 Å². The third-order valence-corrected chi connectivity index (χ3v) is 2.15. The number of nitrogens with one attached hydrogen (secondary N) is 2. The van der Waals surface area contributed by atoms with Crippen LogP contribution in [0.1, 0.15) is 24.1 Å². The molecule has 0 saturated heterocycles. The predicted molar refractivity (Wildman–Crippen MR) is 46.0 cm³/mol. The van der Waals surface area contributed by atoms with Crippen molar-refractivity contribution >= 4 is 11.8 Å². The molecule has 0 aromatic carbocycles. The van der Waals surface area contributed by atoms with Gasteiger partial charge in [-0.1, -0.05) is 13.0 Å². The topological polar surface area (TPSA) is 39.6 Å². The molecular formula is C9H10N2. The van der Waals surface area contributed by atoms with Crippen LogP contribution in [0.25, 0.3) is 6.08 Å². The van der Waals surface area contributed by atoms with Gasteiger partial charge in [-0.15, -0.1) is 0 Å². The van der Waals surface area contributed by atoms with Crippen molar-refractivity contribution in [2.24, 2.45) is 0 Å². The molecule has 2 heteroatoms. The number of allylic oxidation sites excluding steroid dienone is 1. The molecule has 1 aliphatic carbocycles. The van der Waals surface area contributed by atoms with E-state index in [1.165, 1.54) is 5.56 Å². The van der Waals surface area contributed by atoms with Crippen LogP contribution in [0.2, 0.25) is 0 Å². The third kappa shape index (κ3) is 0.827. The Morgan fingerprint density at radius 1 is 1.45 bits per heavy atom. The lowest BCUT2D eigenvalue weighted by Crippen LogP contribution is -2.09. The van der Waals surface area contributed by atoms with Crippen LogP contribution in [0.4, 0.5) is 0 Å². The van der Waals surface area contributed by atoms with E-state index in [0.29, 0.717) is 5.71 Å². The second kappa shape index (κ2) is 2.09. The molecule has 2 N–H and O–H groups in total. The second-order valence-corrected chi connectivity index (χ2v) is 2.86. The van der Waals surface area contributed by atoms with E-state index in [9.17, 15) is 0 Å². The van der Waals surface area contributed by atoms with Crippen LogP contribution in [-0.4, -0.2) is 10.7 Å². The SMILES string of the molecule is CC1C(=N)C=Cc2cc[nH]c21. The van der Waals surface area contributed by atoms with Crippen molar-refractivity contribution in [3.8, 4) is 0 Å². The molecule has 1 aromatic heterocycles. The summed E-state index contributed by atoms with van der Waals surface area (Å²) >= 11 is 0. The minimum Gasteiger partial charge on any atom is -0.364 e. The van der Waals surface area contributed by atoms with Crippen molar-refractivity contribution in [2.75, 3.05) is 0 Å². The van der Waals surface area contributed by atoms with Crippen molar-refractivity contribution in [3.05, 3.63) is 29.6 Å². The van der Waals surface area contributed by atoms with Crippen LogP contribution >= 0.6 is 0 Å². The molecule has 0 fully saturated rings. The van der Waals surface area contributed by atoms with Crippen molar-refractivity contribution in [1.29, 1.82) is 5.41 Å². The zero-order valence-electron chi connectivity index (χ0n) is 6.39. The van der Waals surface area contributed by atoms with E-state index in [0.717, 1.165) is 5.69 Å². The molecule has 1 heterocycles. The van der Waals surface area contributed by atoms with E-state index in [1.54, 1.807) is 0 Å². The Morgan fingerprint density at radius 2 is 2.27 bits per heavy atom. The highest BCUT2D eigenvalue weighted by Gasteiger charge is 2.16. The maximum absolute atomic E-state index is 7.56. The Morgan fingerprint density at radius 3 is 3.09 bits per heavy atom. The average molecular weight is 146 g/mol. The predicted octanol–water partition coefficient (Wildman–Crippen LogP) is 2.16. The summed E-state index contributed by atoms with van der Waals surface area (Å²) in [7, 11) is 0. The normalized spacial score (nSPS) is 21.9. The van der Waals surface area contributed by atoms with Crippen molar-refractivity contribution in [2.45, 2.75) is 12.8 Å². The molecular weight excluding hydrogens is 136 g/mol. The zero-order chi connectivity index (χ0) is 7.84. The molecule has 0 radical (unpaired) electrons. The first-order valence-electron chi connectivity index (χ1n) is 3.73. The van der Waals surface area contributed by atoms with Crippen molar-refractivity contribution in [3.63, 3.8) is 0 Å². The Hall–Kier alpha value is -1.31. The minimum absolute atomic E-state index is 0.227. The summed E-state index contributed by atoms with van der Waals surface area (Å²) in [4.78, 5) is 3.15. The fourth-order valence-corrected chi connectivity index (χ4v) is 1.39. The average Bonchev–Trinajstić information content (AvgIpc) is 2.45. The molecule has 0 aliphatic heterocycles. The Balaban J connectivity index is 2.57. The Labute approximate surface area is 65.5 Å². The Bertz CT molecular complexity index is 320. The summed E-state index contributed by atoms with van der Waals surface area (Å²) < 4.78 is 0. The number of rotatable bonds is 0. The van der Waals surface area contributed by atoms with Crippen LogP contribution in [-0.2, 0) is 0 Å². The monoisotopic (exact) mass is 146 g/mol. The molecule has 2 rings (SSSR count). The number of hydrogen-bond acceptors (Lipinski definition) is 1. The quantitative estimate of drug-likeness (QED) is 0.563. The maximum atomic E-state index is 7.56. The molecule has 1 aromatic rings. The van der Waals surface area contributed by atoms with E-state index in [-0.39, 0.29) is 5.92 Å². The number of H-pyrrole nitrogens is 1. The summed E-state index contributed by atoms with van der Waals surface area (Å²) in [6.07, 6.45) is 5.76. The van der Waals surface area contributed by atoms with E-state index in [4.69, 9.17) is 5.41 Å². The molecule has 2 nitrogen and oxygen atoms in total. The Kier molecular flexibility index (Phi) is 1.22. The molecule has 0 saturated carbocycles. The molecule has 0 amide bonds. The lowest BCUT2D eigenvalue weighted by molar-refractivity contribution is 0.954. The van der Waals surface area contributed by atoms with Crippen LogP contribution < -0.4 is 0 Å². The van der Waals surface area contributed by atoms with Gasteiger partial charge in [-0.25, -0.2) is 0 Å². The summed E-state index contributed by atoms with van der Waals surface area (Å²) in [6.45, 7) is 2.04. The van der Waals surface area contributed by atoms with E-state index in [2.05, 4.69) is 4.98 Å². The molecule has 0 bridgehead atoms. The van der Waals surface area contributed by atoms with Crippen molar-refractivity contribution in [1.82, 2.24) is 4.98 Å². The fourth-order valence-electron chi connectivity index (χ4n) is 1.39. The summed E-state index contributed by atoms with van der Waals surface area (Å²) in [5, 5.41) is 7.56. The molecule has 1 aliphatic rings. The van der Waals surface area contributed by atoms with Gasteiger partial charge in [0.25, 0.3) is 0 Å². The molecule has 0 spiro atoms.